The summed E-state index contributed by atoms with van der Waals surface area (Å²) < 4.78 is 0. The number of hydrogen-bond donors (Lipinski definition) is 1. The molecule has 0 spiro atoms. The Kier molecular flexibility index (Phi) is 4.25. The number of nitrogens with one attached hydrogen (secondary N) is 1. The smallest absolute Gasteiger partial charge is 0.0192 e. The van der Waals surface area contributed by atoms with Crippen LogP contribution in [0.25, 0.3) is 0 Å². The van der Waals surface area contributed by atoms with E-state index in [1.165, 1.54) is 0 Å². The summed E-state index contributed by atoms with van der Waals surface area (Å²) in [5, 5.41) is 3.37. The van der Waals surface area contributed by atoms with Crippen molar-refractivity contribution in [3.63, 3.8) is 0 Å². The van der Waals surface area contributed by atoms with Crippen LogP contribution in [0.2, 0.25) is 0 Å². The largest absolute Gasteiger partial charge is 0.314 e. The van der Waals surface area contributed by atoms with Crippen molar-refractivity contribution in [1.82, 2.24) is 10.2 Å². The average Bonchev–Trinajstić information content (AvgIpc) is 1.83. The van der Waals surface area contributed by atoms with Crippen LogP contribution in [0.3, 0.4) is 0 Å². The van der Waals surface area contributed by atoms with Gasteiger partial charge in [0.1, 0.15) is 0 Å². The van der Waals surface area contributed by atoms with Crippen LogP contribution in [0.1, 0.15) is 13.8 Å². The number of likely N-dealkylation sites (N-methyl/N-ethyl adjacent to an activating group) is 1. The van der Waals surface area contributed by atoms with Crippen LogP contribution in [0.5, 0.6) is 0 Å². The van der Waals surface area contributed by atoms with Crippen molar-refractivity contribution in [2.75, 3.05) is 20.1 Å². The van der Waals surface area contributed by atoms with Crippen LogP contribution in [-0.4, -0.2) is 37.1 Å². The van der Waals surface area contributed by atoms with Gasteiger partial charge in [0.15, 0.2) is 0 Å². The van der Waals surface area contributed by atoms with Crippen LogP contribution in [0, 0.1) is 0 Å². The van der Waals surface area contributed by atoms with E-state index in [9.17, 15) is 0 Å². The third-order valence-corrected chi connectivity index (χ3v) is 2.27. The van der Waals surface area contributed by atoms with E-state index in [1.54, 1.807) is 0 Å². The maximum atomic E-state index is 3.37. The summed E-state index contributed by atoms with van der Waals surface area (Å²) in [7, 11) is 2.19. The third-order valence-electron chi connectivity index (χ3n) is 2.27. The molecule has 62 valence electrons. The van der Waals surface area contributed by atoms with Crippen LogP contribution >= 0.6 is 12.4 Å². The zero-order valence-electron chi connectivity index (χ0n) is 6.92. The van der Waals surface area contributed by atoms with Crippen molar-refractivity contribution in [3.8, 4) is 0 Å². The summed E-state index contributed by atoms with van der Waals surface area (Å²) in [5.74, 6) is 0. The van der Waals surface area contributed by atoms with Gasteiger partial charge >= 0.3 is 0 Å². The van der Waals surface area contributed by atoms with Crippen molar-refractivity contribution < 1.29 is 0 Å². The Morgan fingerprint density at radius 3 is 1.90 bits per heavy atom. The molecule has 1 rings (SSSR count). The van der Waals surface area contributed by atoms with Gasteiger partial charge < -0.3 is 5.32 Å². The SMILES string of the molecule is C[C@@H]1CNC[C@H](C)N1C.Cl. The standard InChI is InChI=1S/C7H16N2.ClH/c1-6-4-8-5-7(2)9(6)3;/h6-8H,4-5H2,1-3H3;1H/t6-,7+;. The van der Waals surface area contributed by atoms with E-state index in [2.05, 4.69) is 31.1 Å². The Balaban J connectivity index is 0.000000810. The number of halogens is 1. The first-order valence-electron chi connectivity index (χ1n) is 3.64. The predicted octanol–water partition coefficient (Wildman–Crippen LogP) is 0.720. The Labute approximate surface area is 69.4 Å². The minimum Gasteiger partial charge on any atom is -0.314 e. The molecule has 3 heteroatoms. The highest BCUT2D eigenvalue weighted by Crippen LogP contribution is 2.04. The first-order chi connectivity index (χ1) is 4.22. The van der Waals surface area contributed by atoms with Crippen LogP contribution < -0.4 is 5.32 Å². The van der Waals surface area contributed by atoms with Crippen LogP contribution in [0.4, 0.5) is 0 Å². The number of rotatable bonds is 0. The van der Waals surface area contributed by atoms with E-state index >= 15 is 0 Å². The molecule has 0 aromatic carbocycles. The predicted molar refractivity (Wildman–Crippen MR) is 46.8 cm³/mol. The lowest BCUT2D eigenvalue weighted by molar-refractivity contribution is 0.152. The molecule has 0 amide bonds. The first-order valence-corrected chi connectivity index (χ1v) is 3.64. The molecule has 1 saturated heterocycles. The highest BCUT2D eigenvalue weighted by molar-refractivity contribution is 5.85. The van der Waals surface area contributed by atoms with Gasteiger partial charge in [0.25, 0.3) is 0 Å². The fourth-order valence-electron chi connectivity index (χ4n) is 1.22. The number of nitrogens with zero attached hydrogens (tertiary/aromatic N) is 1. The molecule has 1 heterocycles. The van der Waals surface area contributed by atoms with Gasteiger partial charge in [-0.25, -0.2) is 0 Å². The molecule has 2 atom stereocenters. The zero-order valence-corrected chi connectivity index (χ0v) is 7.74. The van der Waals surface area contributed by atoms with Gasteiger partial charge in [-0.2, -0.15) is 0 Å². The highest BCUT2D eigenvalue weighted by atomic mass is 35.5. The van der Waals surface area contributed by atoms with Gasteiger partial charge in [0.2, 0.25) is 0 Å². The Morgan fingerprint density at radius 1 is 1.20 bits per heavy atom. The molecular weight excluding hydrogens is 148 g/mol. The molecule has 1 aliphatic heterocycles. The lowest BCUT2D eigenvalue weighted by Gasteiger charge is -2.36. The van der Waals surface area contributed by atoms with Crippen molar-refractivity contribution in [3.05, 3.63) is 0 Å². The molecule has 0 radical (unpaired) electrons. The molecule has 0 unspecified atom stereocenters. The van der Waals surface area contributed by atoms with Gasteiger partial charge in [-0.1, -0.05) is 0 Å². The molecule has 0 aromatic rings. The monoisotopic (exact) mass is 164 g/mol. The van der Waals surface area contributed by atoms with Crippen LogP contribution in [0.15, 0.2) is 0 Å². The molecule has 0 bridgehead atoms. The summed E-state index contributed by atoms with van der Waals surface area (Å²) in [5.41, 5.74) is 0. The van der Waals surface area contributed by atoms with Crippen molar-refractivity contribution >= 4 is 12.4 Å². The van der Waals surface area contributed by atoms with Gasteiger partial charge in [0.05, 0.1) is 0 Å². The molecule has 1 aliphatic rings. The maximum absolute atomic E-state index is 3.37. The van der Waals surface area contributed by atoms with E-state index in [-0.39, 0.29) is 12.4 Å². The van der Waals surface area contributed by atoms with Gasteiger partial charge in [-0.3, -0.25) is 4.90 Å². The quantitative estimate of drug-likeness (QED) is 0.568. The molecular formula is C7H17ClN2. The minimum absolute atomic E-state index is 0. The molecule has 0 aliphatic carbocycles. The number of hydrogen-bond acceptors (Lipinski definition) is 2. The topological polar surface area (TPSA) is 15.3 Å². The maximum Gasteiger partial charge on any atom is 0.0192 e. The first kappa shape index (κ1) is 10.2. The lowest BCUT2D eigenvalue weighted by Crippen LogP contribution is -2.52. The van der Waals surface area contributed by atoms with E-state index in [4.69, 9.17) is 0 Å². The summed E-state index contributed by atoms with van der Waals surface area (Å²) in [6.07, 6.45) is 0. The van der Waals surface area contributed by atoms with Gasteiger partial charge in [-0.15, -0.1) is 12.4 Å². The summed E-state index contributed by atoms with van der Waals surface area (Å²) in [6.45, 7) is 6.78. The fourth-order valence-corrected chi connectivity index (χ4v) is 1.22. The third kappa shape index (κ3) is 2.11. The molecule has 1 fully saturated rings. The molecule has 0 saturated carbocycles. The second-order valence-corrected chi connectivity index (χ2v) is 3.02. The average molecular weight is 165 g/mol. The molecule has 10 heavy (non-hydrogen) atoms. The lowest BCUT2D eigenvalue weighted by atomic mass is 10.1. The van der Waals surface area contributed by atoms with Gasteiger partial charge in [0, 0.05) is 25.2 Å². The van der Waals surface area contributed by atoms with E-state index in [0.29, 0.717) is 12.1 Å². The van der Waals surface area contributed by atoms with Crippen molar-refractivity contribution in [2.45, 2.75) is 25.9 Å². The Hall–Kier alpha value is 0.210. The van der Waals surface area contributed by atoms with E-state index in [0.717, 1.165) is 13.1 Å². The summed E-state index contributed by atoms with van der Waals surface area (Å²) >= 11 is 0. The summed E-state index contributed by atoms with van der Waals surface area (Å²) in [4.78, 5) is 2.41. The fraction of sp³-hybridized carbons (Fsp3) is 1.00. The second kappa shape index (κ2) is 4.16. The normalized spacial score (nSPS) is 35.1. The number of piperazine rings is 1. The zero-order chi connectivity index (χ0) is 6.85. The van der Waals surface area contributed by atoms with E-state index < -0.39 is 0 Å². The van der Waals surface area contributed by atoms with E-state index in [1.807, 2.05) is 0 Å². The van der Waals surface area contributed by atoms with Crippen LogP contribution in [-0.2, 0) is 0 Å². The second-order valence-electron chi connectivity index (χ2n) is 3.02. The molecule has 2 nitrogen and oxygen atoms in total. The molecule has 1 N–H and O–H groups in total. The Morgan fingerprint density at radius 2 is 1.60 bits per heavy atom. The Bertz CT molecular complexity index is 87.6. The summed E-state index contributed by atoms with van der Waals surface area (Å²) in [6, 6.07) is 1.41. The van der Waals surface area contributed by atoms with Gasteiger partial charge in [-0.05, 0) is 20.9 Å². The highest BCUT2D eigenvalue weighted by Gasteiger charge is 2.19. The minimum atomic E-state index is 0. The van der Waals surface area contributed by atoms with Crippen molar-refractivity contribution in [1.29, 1.82) is 0 Å². The molecule has 0 aromatic heterocycles. The van der Waals surface area contributed by atoms with Crippen molar-refractivity contribution in [2.24, 2.45) is 0 Å².